The summed E-state index contributed by atoms with van der Waals surface area (Å²) in [7, 11) is -5.78. The first-order chi connectivity index (χ1) is 14.5. The normalized spacial score (nSPS) is 17.1. The first-order valence-electron chi connectivity index (χ1n) is 7.66. The van der Waals surface area contributed by atoms with Gasteiger partial charge in [0.15, 0.2) is 0 Å². The molecular formula is C12H6ClF21Si. The molecule has 0 heterocycles. The van der Waals surface area contributed by atoms with Crippen LogP contribution in [0.25, 0.3) is 0 Å². The maximum absolute atomic E-state index is 13.6. The average Bonchev–Trinajstić information content (AvgIpc) is 2.58. The van der Waals surface area contributed by atoms with Crippen LogP contribution in [0.2, 0.25) is 13.1 Å². The van der Waals surface area contributed by atoms with Crippen molar-refractivity contribution in [3.05, 3.63) is 0 Å². The third-order valence-electron chi connectivity index (χ3n) is 4.26. The summed E-state index contributed by atoms with van der Waals surface area (Å²) in [4.78, 5) is 0. The maximum atomic E-state index is 13.6. The lowest BCUT2D eigenvalue weighted by atomic mass is 9.87. The first kappa shape index (κ1) is 34.0. The lowest BCUT2D eigenvalue weighted by Gasteiger charge is -2.45. The van der Waals surface area contributed by atoms with E-state index in [-0.39, 0.29) is 13.1 Å². The average molecular weight is 613 g/mol. The lowest BCUT2D eigenvalue weighted by molar-refractivity contribution is -0.472. The van der Waals surface area contributed by atoms with Gasteiger partial charge in [-0.15, -0.1) is 0 Å². The molecule has 0 rings (SSSR count). The molecule has 0 saturated carbocycles. The van der Waals surface area contributed by atoms with Crippen LogP contribution < -0.4 is 0 Å². The van der Waals surface area contributed by atoms with E-state index in [4.69, 9.17) is 0 Å². The van der Waals surface area contributed by atoms with E-state index in [9.17, 15) is 92.2 Å². The quantitative estimate of drug-likeness (QED) is 0.140. The minimum atomic E-state index is -9.16. The number of hydrogen-bond donors (Lipinski definition) is 0. The van der Waals surface area contributed by atoms with Gasteiger partial charge in [0, 0.05) is 0 Å². The summed E-state index contributed by atoms with van der Waals surface area (Å²) in [6.45, 7) is -0.450. The molecule has 0 radical (unpaired) electrons. The third-order valence-corrected chi connectivity index (χ3v) is 6.78. The van der Waals surface area contributed by atoms with E-state index in [1.807, 2.05) is 0 Å². The summed E-state index contributed by atoms with van der Waals surface area (Å²) in [5.74, 6) is -70.2. The van der Waals surface area contributed by atoms with E-state index in [0.717, 1.165) is 0 Å². The number of alkyl halides is 21. The van der Waals surface area contributed by atoms with Crippen LogP contribution in [0, 0.1) is 0 Å². The van der Waals surface area contributed by atoms with E-state index < -0.39 is 66.5 Å². The Morgan fingerprint density at radius 1 is 0.343 bits per heavy atom. The minimum absolute atomic E-state index is 0.225. The zero-order valence-corrected chi connectivity index (χ0v) is 17.6. The van der Waals surface area contributed by atoms with E-state index >= 15 is 0 Å². The van der Waals surface area contributed by atoms with E-state index in [1.165, 1.54) is 0 Å². The number of hydrogen-bond acceptors (Lipinski definition) is 0. The Balaban J connectivity index is 7.15. The molecule has 212 valence electrons. The summed E-state index contributed by atoms with van der Waals surface area (Å²) in [6.07, 6.45) is -8.00. The molecule has 0 aromatic carbocycles. The molecule has 0 aliphatic rings. The highest BCUT2D eigenvalue weighted by Gasteiger charge is 2.98. The fourth-order valence-electron chi connectivity index (χ4n) is 1.93. The van der Waals surface area contributed by atoms with Crippen LogP contribution in [0.4, 0.5) is 92.2 Å². The highest BCUT2D eigenvalue weighted by atomic mass is 35.6. The van der Waals surface area contributed by atoms with Crippen molar-refractivity contribution in [1.29, 1.82) is 0 Å². The summed E-state index contributed by atoms with van der Waals surface area (Å²) in [5, 5.41) is 0. The molecule has 0 N–H and O–H groups in total. The van der Waals surface area contributed by atoms with Crippen molar-refractivity contribution in [3.8, 4) is 0 Å². The van der Waals surface area contributed by atoms with Crippen LogP contribution in [-0.2, 0) is 0 Å². The van der Waals surface area contributed by atoms with E-state index in [0.29, 0.717) is 0 Å². The van der Waals surface area contributed by atoms with Crippen LogP contribution in [0.5, 0.6) is 0 Å². The van der Waals surface area contributed by atoms with Crippen molar-refractivity contribution >= 4 is 18.5 Å². The van der Waals surface area contributed by atoms with Crippen molar-refractivity contribution in [2.75, 3.05) is 0 Å². The molecule has 0 fully saturated rings. The highest BCUT2D eigenvalue weighted by Crippen LogP contribution is 2.66. The molecule has 0 saturated heterocycles. The number of rotatable bonds is 9. The second-order valence-electron chi connectivity index (χ2n) is 7.14. The second-order valence-corrected chi connectivity index (χ2v) is 13.5. The molecule has 0 unspecified atom stereocenters. The summed E-state index contributed by atoms with van der Waals surface area (Å²) in [5.41, 5.74) is -6.68. The van der Waals surface area contributed by atoms with Gasteiger partial charge in [-0.2, -0.15) is 94.5 Å². The topological polar surface area (TPSA) is 0 Å². The van der Waals surface area contributed by atoms with Gasteiger partial charge in [-0.25, -0.2) is 8.78 Å². The van der Waals surface area contributed by atoms with Crippen LogP contribution >= 0.6 is 11.1 Å². The molecule has 0 aliphatic heterocycles. The Hall–Kier alpha value is -0.963. The molecule has 0 aromatic heterocycles. The molecule has 0 aliphatic carbocycles. The molecule has 23 heteroatoms. The lowest BCUT2D eigenvalue weighted by Crippen LogP contribution is -2.77. The van der Waals surface area contributed by atoms with Gasteiger partial charge in [-0.3, -0.25) is 0 Å². The van der Waals surface area contributed by atoms with Gasteiger partial charge in [-0.05, 0) is 0 Å². The van der Waals surface area contributed by atoms with Crippen LogP contribution in [0.1, 0.15) is 0 Å². The van der Waals surface area contributed by atoms with E-state index in [2.05, 4.69) is 11.1 Å². The smallest absolute Gasteiger partial charge is 0.203 e. The summed E-state index contributed by atoms with van der Waals surface area (Å²) < 4.78 is 276. The standard InChI is InChI=1S/C12H6ClF21Si/c1-35(2,13)12(33,34)10(28,29)8(24,25)6(20,21)4(16,17)3(14,15)5(18,19)7(22,23)9(26,27)11(30,31)32/h1-2H3. The van der Waals surface area contributed by atoms with Gasteiger partial charge in [0.2, 0.25) is 7.38 Å². The monoisotopic (exact) mass is 612 g/mol. The Labute approximate surface area is 184 Å². The van der Waals surface area contributed by atoms with Crippen molar-refractivity contribution in [1.82, 2.24) is 0 Å². The third kappa shape index (κ3) is 4.01. The molecule has 0 nitrogen and oxygen atoms in total. The van der Waals surface area contributed by atoms with Gasteiger partial charge in [0.05, 0.1) is 0 Å². The zero-order valence-electron chi connectivity index (χ0n) is 15.8. The first-order valence-corrected chi connectivity index (χ1v) is 11.7. The van der Waals surface area contributed by atoms with Gasteiger partial charge < -0.3 is 0 Å². The van der Waals surface area contributed by atoms with Crippen molar-refractivity contribution in [2.45, 2.75) is 72.2 Å². The Morgan fingerprint density at radius 3 is 0.686 bits per heavy atom. The van der Waals surface area contributed by atoms with Gasteiger partial charge in [0.25, 0.3) is 0 Å². The van der Waals surface area contributed by atoms with Crippen LogP contribution in [0.3, 0.4) is 0 Å². The predicted molar refractivity (Wildman–Crippen MR) is 73.9 cm³/mol. The molecule has 0 amide bonds. The second kappa shape index (κ2) is 8.02. The summed E-state index contributed by atoms with van der Waals surface area (Å²) in [6, 6.07) is 0. The van der Waals surface area contributed by atoms with Crippen molar-refractivity contribution < 1.29 is 92.2 Å². The molecular weight excluding hydrogens is 607 g/mol. The van der Waals surface area contributed by atoms with Crippen molar-refractivity contribution in [3.63, 3.8) is 0 Å². The summed E-state index contributed by atoms with van der Waals surface area (Å²) >= 11 is 4.68. The maximum Gasteiger partial charge on any atom is 0.460 e. The fraction of sp³-hybridized carbons (Fsp3) is 1.00. The minimum Gasteiger partial charge on any atom is -0.203 e. The predicted octanol–water partition coefficient (Wildman–Crippen LogP) is 8.25. The van der Waals surface area contributed by atoms with Crippen LogP contribution in [0.15, 0.2) is 0 Å². The largest absolute Gasteiger partial charge is 0.460 e. The molecule has 0 spiro atoms. The molecule has 35 heavy (non-hydrogen) atoms. The van der Waals surface area contributed by atoms with Crippen LogP contribution in [-0.4, -0.2) is 66.5 Å². The fourth-order valence-corrected chi connectivity index (χ4v) is 3.19. The number of halogens is 22. The van der Waals surface area contributed by atoms with Gasteiger partial charge >= 0.3 is 59.1 Å². The zero-order chi connectivity index (χ0) is 29.5. The van der Waals surface area contributed by atoms with E-state index in [1.54, 1.807) is 0 Å². The Kier molecular flexibility index (Phi) is 7.80. The van der Waals surface area contributed by atoms with Gasteiger partial charge in [-0.1, -0.05) is 13.1 Å². The Morgan fingerprint density at radius 2 is 0.514 bits per heavy atom. The van der Waals surface area contributed by atoms with Crippen molar-refractivity contribution in [2.24, 2.45) is 0 Å². The SMILES string of the molecule is C[Si](C)(Cl)C(F)(F)C(F)(F)C(F)(F)C(F)(F)C(F)(F)C(F)(F)C(F)(F)C(F)(F)C(F)(F)C(F)(F)F. The van der Waals surface area contributed by atoms with Gasteiger partial charge in [0.1, 0.15) is 0 Å². The molecule has 0 atom stereocenters. The highest BCUT2D eigenvalue weighted by molar-refractivity contribution is 7.20. The Bertz CT molecular complexity index is 723. The molecule has 0 bridgehead atoms. The molecule has 0 aromatic rings.